The molecule has 2 aromatic carbocycles. The Morgan fingerprint density at radius 3 is 2.48 bits per heavy atom. The number of ketones is 1. The molecule has 0 saturated carbocycles. The molecule has 2 aromatic rings. The molecule has 0 aromatic heterocycles. The van der Waals surface area contributed by atoms with Crippen molar-refractivity contribution >= 4 is 5.78 Å². The number of aliphatic hydroxyl groups is 2. The lowest BCUT2D eigenvalue weighted by molar-refractivity contribution is -0.113. The number of aliphatic hydroxyl groups excluding tert-OH is 2. The zero-order chi connectivity index (χ0) is 22.1. The Balaban J connectivity index is 1.62. The molecule has 2 N–H and O–H groups in total. The van der Waals surface area contributed by atoms with E-state index >= 15 is 0 Å². The van der Waals surface area contributed by atoms with Crippen molar-refractivity contribution in [3.05, 3.63) is 41.0 Å². The first-order valence-corrected chi connectivity index (χ1v) is 10.1. The van der Waals surface area contributed by atoms with Crippen molar-refractivity contribution in [2.75, 3.05) is 20.8 Å². The number of Topliss-reactive ketones (excluding diaryl/α,β-unsaturated/α-hetero) is 1. The predicted octanol–water partition coefficient (Wildman–Crippen LogP) is 2.39. The summed E-state index contributed by atoms with van der Waals surface area (Å²) in [6.45, 7) is 3.53. The van der Waals surface area contributed by atoms with Crippen molar-refractivity contribution in [3.63, 3.8) is 0 Å². The van der Waals surface area contributed by atoms with Gasteiger partial charge in [-0.2, -0.15) is 0 Å². The van der Waals surface area contributed by atoms with Crippen molar-refractivity contribution in [3.8, 4) is 28.7 Å². The van der Waals surface area contributed by atoms with Crippen LogP contribution in [0.15, 0.2) is 24.3 Å². The number of rotatable bonds is 2. The summed E-state index contributed by atoms with van der Waals surface area (Å²) in [5, 5.41) is 21.3. The maximum atomic E-state index is 13.6. The van der Waals surface area contributed by atoms with Gasteiger partial charge in [-0.15, -0.1) is 0 Å². The zero-order valence-corrected chi connectivity index (χ0v) is 17.7. The Labute approximate surface area is 179 Å². The minimum absolute atomic E-state index is 0.146. The van der Waals surface area contributed by atoms with E-state index in [0.29, 0.717) is 34.1 Å². The second kappa shape index (κ2) is 6.77. The summed E-state index contributed by atoms with van der Waals surface area (Å²) < 4.78 is 28.7. The van der Waals surface area contributed by atoms with E-state index in [9.17, 15) is 15.0 Å². The Bertz CT molecular complexity index is 1080. The fourth-order valence-corrected chi connectivity index (χ4v) is 4.60. The molecule has 0 saturated heterocycles. The van der Waals surface area contributed by atoms with Gasteiger partial charge in [0.15, 0.2) is 17.3 Å². The second-order valence-corrected chi connectivity index (χ2v) is 8.50. The molecule has 8 heteroatoms. The highest BCUT2D eigenvalue weighted by atomic mass is 16.5. The average molecular weight is 428 g/mol. The van der Waals surface area contributed by atoms with Gasteiger partial charge in [-0.05, 0) is 32.0 Å². The first kappa shape index (κ1) is 20.0. The van der Waals surface area contributed by atoms with Gasteiger partial charge < -0.3 is 33.9 Å². The third kappa shape index (κ3) is 2.78. The van der Waals surface area contributed by atoms with E-state index in [1.165, 1.54) is 14.2 Å². The Morgan fingerprint density at radius 1 is 1.06 bits per heavy atom. The quantitative estimate of drug-likeness (QED) is 0.752. The lowest BCUT2D eigenvalue weighted by Crippen LogP contribution is -2.49. The van der Waals surface area contributed by atoms with Crippen LogP contribution >= 0.6 is 0 Å². The van der Waals surface area contributed by atoms with Crippen LogP contribution in [0.2, 0.25) is 0 Å². The zero-order valence-electron chi connectivity index (χ0n) is 17.7. The normalized spacial score (nSPS) is 27.4. The highest BCUT2D eigenvalue weighted by Gasteiger charge is 2.49. The van der Waals surface area contributed by atoms with E-state index in [0.717, 1.165) is 0 Å². The first-order chi connectivity index (χ1) is 14.8. The van der Waals surface area contributed by atoms with Crippen molar-refractivity contribution in [2.45, 2.75) is 43.7 Å². The molecule has 0 fully saturated rings. The standard InChI is InChI=1S/C23H24O8/c1-23(2)22(26)20(25)18-12(31-23)6-5-10-19(24)17-11-7-14(27-3)15(28-4)8-13(11)29-9-16(17)30-21(10)18/h5-8,16-17,20,22,25-26H,9H2,1-4H3. The monoisotopic (exact) mass is 428 g/mol. The van der Waals surface area contributed by atoms with E-state index in [-0.39, 0.29) is 23.7 Å². The molecule has 8 nitrogen and oxygen atoms in total. The summed E-state index contributed by atoms with van der Waals surface area (Å²) in [6.07, 6.45) is -3.03. The highest BCUT2D eigenvalue weighted by Crippen LogP contribution is 2.52. The van der Waals surface area contributed by atoms with Crippen molar-refractivity contribution in [2.24, 2.45) is 0 Å². The summed E-state index contributed by atoms with van der Waals surface area (Å²) in [4.78, 5) is 13.6. The molecule has 0 radical (unpaired) electrons. The molecule has 0 amide bonds. The molecule has 4 unspecified atom stereocenters. The number of carbonyl (C=O) groups is 1. The van der Waals surface area contributed by atoms with E-state index in [4.69, 9.17) is 23.7 Å². The van der Waals surface area contributed by atoms with E-state index in [1.807, 2.05) is 0 Å². The summed E-state index contributed by atoms with van der Waals surface area (Å²) in [5.41, 5.74) is 0.288. The van der Waals surface area contributed by atoms with E-state index in [2.05, 4.69) is 0 Å². The number of carbonyl (C=O) groups excluding carboxylic acids is 1. The second-order valence-electron chi connectivity index (χ2n) is 8.50. The predicted molar refractivity (Wildman–Crippen MR) is 109 cm³/mol. The molecule has 164 valence electrons. The van der Waals surface area contributed by atoms with Crippen LogP contribution in [0.1, 0.15) is 47.4 Å². The van der Waals surface area contributed by atoms with Crippen molar-refractivity contribution < 1.29 is 38.7 Å². The van der Waals surface area contributed by atoms with Crippen LogP contribution in [0.3, 0.4) is 0 Å². The van der Waals surface area contributed by atoms with E-state index < -0.39 is 29.8 Å². The van der Waals surface area contributed by atoms with Gasteiger partial charge in [0.2, 0.25) is 0 Å². The molecule has 0 aliphatic carbocycles. The Morgan fingerprint density at radius 2 is 1.77 bits per heavy atom. The lowest BCUT2D eigenvalue weighted by atomic mass is 9.79. The molecule has 0 bridgehead atoms. The highest BCUT2D eigenvalue weighted by molar-refractivity contribution is 6.06. The van der Waals surface area contributed by atoms with Gasteiger partial charge in [0.25, 0.3) is 0 Å². The van der Waals surface area contributed by atoms with Gasteiger partial charge in [0.05, 0.1) is 31.3 Å². The number of fused-ring (bicyclic) bond motifs is 6. The average Bonchev–Trinajstić information content (AvgIpc) is 2.75. The molecule has 5 rings (SSSR count). The molecular formula is C23H24O8. The molecular weight excluding hydrogens is 404 g/mol. The molecule has 31 heavy (non-hydrogen) atoms. The SMILES string of the molecule is COc1cc2c(cc1OC)C1C(=O)c3ccc4c(c3OC1CO2)C(O)C(O)C(C)(C)O4. The number of hydrogen-bond donors (Lipinski definition) is 2. The van der Waals surface area contributed by atoms with Crippen LogP contribution in [0.5, 0.6) is 28.7 Å². The van der Waals surface area contributed by atoms with E-state index in [1.54, 1.807) is 38.1 Å². The minimum atomic E-state index is -1.25. The number of hydrogen-bond acceptors (Lipinski definition) is 8. The fraction of sp³-hybridized carbons (Fsp3) is 0.435. The summed E-state index contributed by atoms with van der Waals surface area (Å²) in [7, 11) is 3.06. The third-order valence-electron chi connectivity index (χ3n) is 6.28. The van der Waals surface area contributed by atoms with Gasteiger partial charge in [-0.3, -0.25) is 4.79 Å². The number of methoxy groups -OCH3 is 2. The maximum Gasteiger partial charge on any atom is 0.178 e. The van der Waals surface area contributed by atoms with Crippen LogP contribution in [0.4, 0.5) is 0 Å². The Kier molecular flexibility index (Phi) is 4.36. The van der Waals surface area contributed by atoms with Crippen LogP contribution in [0.25, 0.3) is 0 Å². The molecule has 3 aliphatic rings. The van der Waals surface area contributed by atoms with Gasteiger partial charge in [0, 0.05) is 11.6 Å². The fourth-order valence-electron chi connectivity index (χ4n) is 4.60. The summed E-state index contributed by atoms with van der Waals surface area (Å²) >= 11 is 0. The van der Waals surface area contributed by atoms with Crippen LogP contribution in [-0.2, 0) is 0 Å². The topological polar surface area (TPSA) is 104 Å². The number of ether oxygens (including phenoxy) is 5. The minimum Gasteiger partial charge on any atom is -0.493 e. The molecule has 4 atom stereocenters. The molecule has 0 spiro atoms. The van der Waals surface area contributed by atoms with Crippen molar-refractivity contribution in [1.82, 2.24) is 0 Å². The van der Waals surface area contributed by atoms with Gasteiger partial charge in [-0.25, -0.2) is 0 Å². The maximum absolute atomic E-state index is 13.6. The Hall–Kier alpha value is -2.97. The summed E-state index contributed by atoms with van der Waals surface area (Å²) in [6, 6.07) is 6.72. The molecule has 3 heterocycles. The first-order valence-electron chi connectivity index (χ1n) is 10.1. The van der Waals surface area contributed by atoms with Crippen LogP contribution in [-0.4, -0.2) is 54.6 Å². The van der Waals surface area contributed by atoms with Crippen LogP contribution < -0.4 is 23.7 Å². The van der Waals surface area contributed by atoms with Crippen molar-refractivity contribution in [1.29, 1.82) is 0 Å². The van der Waals surface area contributed by atoms with Gasteiger partial charge in [-0.1, -0.05) is 0 Å². The number of benzene rings is 2. The largest absolute Gasteiger partial charge is 0.493 e. The smallest absolute Gasteiger partial charge is 0.178 e. The van der Waals surface area contributed by atoms with Gasteiger partial charge in [0.1, 0.15) is 47.8 Å². The summed E-state index contributed by atoms with van der Waals surface area (Å²) in [5.74, 6) is 1.40. The lowest BCUT2D eigenvalue weighted by Gasteiger charge is -2.43. The van der Waals surface area contributed by atoms with Crippen LogP contribution in [0, 0.1) is 0 Å². The third-order valence-corrected chi connectivity index (χ3v) is 6.28. The molecule has 3 aliphatic heterocycles. The van der Waals surface area contributed by atoms with Gasteiger partial charge >= 0.3 is 0 Å².